The molecule has 54 valence electrons. The van der Waals surface area contributed by atoms with Crippen LogP contribution in [0.4, 0.5) is 0 Å². The fraction of sp³-hybridized carbons (Fsp3) is 1.00. The summed E-state index contributed by atoms with van der Waals surface area (Å²) in [6.45, 7) is 4.71. The average molecular weight is 145 g/mol. The summed E-state index contributed by atoms with van der Waals surface area (Å²) >= 11 is 2.13. The Balaban J connectivity index is 2.08. The zero-order valence-electron chi connectivity index (χ0n) is 6.02. The van der Waals surface area contributed by atoms with Crippen LogP contribution in [0.3, 0.4) is 0 Å². The number of hydrogen-bond donors (Lipinski definition) is 1. The molecule has 1 aliphatic rings. The highest BCUT2D eigenvalue weighted by atomic mass is 32.2. The Kier molecular flexibility index (Phi) is 3.44. The molecule has 0 aliphatic carbocycles. The van der Waals surface area contributed by atoms with Gasteiger partial charge in [0.05, 0.1) is 0 Å². The van der Waals surface area contributed by atoms with Crippen LogP contribution in [0.15, 0.2) is 0 Å². The maximum atomic E-state index is 3.40. The van der Waals surface area contributed by atoms with Crippen molar-refractivity contribution in [2.75, 3.05) is 18.8 Å². The summed E-state index contributed by atoms with van der Waals surface area (Å²) in [6, 6.07) is 0. The highest BCUT2D eigenvalue weighted by Gasteiger charge is 2.10. The smallest absolute Gasteiger partial charge is 0.0172 e. The maximum Gasteiger partial charge on any atom is 0.0172 e. The molecule has 1 saturated heterocycles. The van der Waals surface area contributed by atoms with Crippen molar-refractivity contribution in [2.45, 2.75) is 25.0 Å². The van der Waals surface area contributed by atoms with E-state index in [0.717, 1.165) is 5.25 Å². The Labute approximate surface area is 61.6 Å². The molecule has 9 heavy (non-hydrogen) atoms. The molecule has 0 bridgehead atoms. The van der Waals surface area contributed by atoms with Gasteiger partial charge in [0.2, 0.25) is 0 Å². The van der Waals surface area contributed by atoms with E-state index >= 15 is 0 Å². The van der Waals surface area contributed by atoms with E-state index in [0.29, 0.717) is 0 Å². The molecular weight excluding hydrogens is 130 g/mol. The van der Waals surface area contributed by atoms with Crippen LogP contribution in [0.25, 0.3) is 0 Å². The Bertz CT molecular complexity index is 66.6. The first kappa shape index (κ1) is 7.42. The summed E-state index contributed by atoms with van der Waals surface area (Å²) in [7, 11) is 0. The van der Waals surface area contributed by atoms with E-state index < -0.39 is 0 Å². The van der Waals surface area contributed by atoms with E-state index in [9.17, 15) is 0 Å². The second kappa shape index (κ2) is 4.18. The Morgan fingerprint density at radius 1 is 1.67 bits per heavy atom. The summed E-state index contributed by atoms with van der Waals surface area (Å²) < 4.78 is 0. The van der Waals surface area contributed by atoms with Gasteiger partial charge >= 0.3 is 0 Å². The topological polar surface area (TPSA) is 12.0 Å². The lowest BCUT2D eigenvalue weighted by Crippen LogP contribution is -2.32. The Morgan fingerprint density at radius 2 is 2.56 bits per heavy atom. The molecule has 1 heterocycles. The minimum atomic E-state index is 0.906. The molecule has 0 aromatic carbocycles. The molecule has 1 N–H and O–H groups in total. The average Bonchev–Trinajstić information content (AvgIpc) is 1.91. The minimum absolute atomic E-state index is 0.906. The number of rotatable bonds is 2. The van der Waals surface area contributed by atoms with Crippen LogP contribution >= 0.6 is 11.8 Å². The van der Waals surface area contributed by atoms with Gasteiger partial charge in [0.1, 0.15) is 0 Å². The largest absolute Gasteiger partial charge is 0.315 e. The summed E-state index contributed by atoms with van der Waals surface area (Å²) in [5.74, 6) is 1.31. The van der Waals surface area contributed by atoms with Gasteiger partial charge in [0.25, 0.3) is 0 Å². The molecule has 0 saturated carbocycles. The molecule has 0 spiro atoms. The molecule has 0 aromatic heterocycles. The van der Waals surface area contributed by atoms with Gasteiger partial charge in [-0.25, -0.2) is 0 Å². The molecule has 1 aliphatic heterocycles. The molecule has 0 radical (unpaired) electrons. The summed E-state index contributed by atoms with van der Waals surface area (Å²) in [4.78, 5) is 0. The lowest BCUT2D eigenvalue weighted by molar-refractivity contribution is 0.631. The SMILES string of the molecule is CCCC1CNCCS1. The lowest BCUT2D eigenvalue weighted by atomic mass is 10.2. The first-order valence-electron chi connectivity index (χ1n) is 3.76. The predicted octanol–water partition coefficient (Wildman–Crippen LogP) is 1.49. The van der Waals surface area contributed by atoms with Gasteiger partial charge in [0, 0.05) is 24.1 Å². The second-order valence-electron chi connectivity index (χ2n) is 2.49. The van der Waals surface area contributed by atoms with Gasteiger partial charge < -0.3 is 5.32 Å². The van der Waals surface area contributed by atoms with E-state index in [1.165, 1.54) is 31.7 Å². The normalized spacial score (nSPS) is 28.3. The molecule has 1 rings (SSSR count). The van der Waals surface area contributed by atoms with Gasteiger partial charge in [-0.15, -0.1) is 0 Å². The van der Waals surface area contributed by atoms with Crippen LogP contribution in [-0.4, -0.2) is 24.1 Å². The van der Waals surface area contributed by atoms with Crippen LogP contribution in [0.1, 0.15) is 19.8 Å². The van der Waals surface area contributed by atoms with Gasteiger partial charge in [-0.3, -0.25) is 0 Å². The molecular formula is C7H15NS. The fourth-order valence-corrected chi connectivity index (χ4v) is 2.36. The molecule has 1 atom stereocenters. The highest BCUT2D eigenvalue weighted by Crippen LogP contribution is 2.17. The molecule has 2 heteroatoms. The number of nitrogens with one attached hydrogen (secondary N) is 1. The van der Waals surface area contributed by atoms with Crippen molar-refractivity contribution >= 4 is 11.8 Å². The monoisotopic (exact) mass is 145 g/mol. The van der Waals surface area contributed by atoms with Crippen molar-refractivity contribution in [2.24, 2.45) is 0 Å². The summed E-state index contributed by atoms with van der Waals surface area (Å²) in [5, 5.41) is 4.31. The van der Waals surface area contributed by atoms with Crippen LogP contribution in [0.2, 0.25) is 0 Å². The zero-order valence-corrected chi connectivity index (χ0v) is 6.84. The van der Waals surface area contributed by atoms with Crippen LogP contribution in [0.5, 0.6) is 0 Å². The third kappa shape index (κ3) is 2.59. The zero-order chi connectivity index (χ0) is 6.53. The fourth-order valence-electron chi connectivity index (χ4n) is 1.13. The molecule has 0 amide bonds. The van der Waals surface area contributed by atoms with Crippen molar-refractivity contribution in [3.63, 3.8) is 0 Å². The Hall–Kier alpha value is 0.310. The second-order valence-corrected chi connectivity index (χ2v) is 3.89. The maximum absolute atomic E-state index is 3.40. The minimum Gasteiger partial charge on any atom is -0.315 e. The third-order valence-electron chi connectivity index (χ3n) is 1.62. The standard InChI is InChI=1S/C7H15NS/c1-2-3-7-6-8-4-5-9-7/h7-8H,2-6H2,1H3. The third-order valence-corrected chi connectivity index (χ3v) is 2.93. The van der Waals surface area contributed by atoms with Crippen molar-refractivity contribution in [3.05, 3.63) is 0 Å². The lowest BCUT2D eigenvalue weighted by Gasteiger charge is -2.21. The van der Waals surface area contributed by atoms with Crippen LogP contribution < -0.4 is 5.32 Å². The van der Waals surface area contributed by atoms with E-state index in [-0.39, 0.29) is 0 Å². The molecule has 1 nitrogen and oxygen atoms in total. The van der Waals surface area contributed by atoms with E-state index in [1.807, 2.05) is 0 Å². The molecule has 1 unspecified atom stereocenters. The summed E-state index contributed by atoms with van der Waals surface area (Å²) in [5.41, 5.74) is 0. The number of hydrogen-bond acceptors (Lipinski definition) is 2. The first-order valence-corrected chi connectivity index (χ1v) is 4.80. The van der Waals surface area contributed by atoms with Crippen LogP contribution in [0, 0.1) is 0 Å². The quantitative estimate of drug-likeness (QED) is 0.632. The van der Waals surface area contributed by atoms with Crippen molar-refractivity contribution in [1.82, 2.24) is 5.32 Å². The van der Waals surface area contributed by atoms with Gasteiger partial charge in [-0.1, -0.05) is 13.3 Å². The molecule has 1 fully saturated rings. The van der Waals surface area contributed by atoms with Crippen molar-refractivity contribution < 1.29 is 0 Å². The predicted molar refractivity (Wildman–Crippen MR) is 44.0 cm³/mol. The number of thioether (sulfide) groups is 1. The summed E-state index contributed by atoms with van der Waals surface area (Å²) in [6.07, 6.45) is 2.72. The first-order chi connectivity index (χ1) is 4.43. The van der Waals surface area contributed by atoms with E-state index in [1.54, 1.807) is 0 Å². The van der Waals surface area contributed by atoms with E-state index in [4.69, 9.17) is 0 Å². The van der Waals surface area contributed by atoms with Gasteiger partial charge in [-0.2, -0.15) is 11.8 Å². The molecule has 0 aromatic rings. The van der Waals surface area contributed by atoms with Gasteiger partial charge in [0.15, 0.2) is 0 Å². The van der Waals surface area contributed by atoms with Gasteiger partial charge in [-0.05, 0) is 6.42 Å². The Morgan fingerprint density at radius 3 is 3.11 bits per heavy atom. The van der Waals surface area contributed by atoms with Crippen molar-refractivity contribution in [1.29, 1.82) is 0 Å². The van der Waals surface area contributed by atoms with E-state index in [2.05, 4.69) is 24.0 Å². The van der Waals surface area contributed by atoms with Crippen LogP contribution in [-0.2, 0) is 0 Å². The highest BCUT2D eigenvalue weighted by molar-refractivity contribution is 8.00. The van der Waals surface area contributed by atoms with Crippen molar-refractivity contribution in [3.8, 4) is 0 Å².